The van der Waals surface area contributed by atoms with Crippen LogP contribution in [0.5, 0.6) is 0 Å². The van der Waals surface area contributed by atoms with E-state index in [1.54, 1.807) is 0 Å². The van der Waals surface area contributed by atoms with Gasteiger partial charge in [0.1, 0.15) is 0 Å². The molecule has 92 valence electrons. The van der Waals surface area contributed by atoms with Gasteiger partial charge in [-0.3, -0.25) is 0 Å². The SMILES string of the molecule is CC(C)[NH2+]C(C)C.CCCCCC(=O)[O-]. The normalized spacial score (nSPS) is 10.1. The van der Waals surface area contributed by atoms with E-state index in [9.17, 15) is 9.90 Å². The van der Waals surface area contributed by atoms with Crippen LogP contribution in [-0.4, -0.2) is 18.1 Å². The molecule has 0 aromatic heterocycles. The fraction of sp³-hybridized carbons (Fsp3) is 0.917. The molecule has 3 nitrogen and oxygen atoms in total. The second-order valence-electron chi connectivity index (χ2n) is 4.51. The third-order valence-electron chi connectivity index (χ3n) is 1.75. The van der Waals surface area contributed by atoms with Gasteiger partial charge in [-0.2, -0.15) is 0 Å². The number of carboxylic acids is 1. The van der Waals surface area contributed by atoms with Gasteiger partial charge in [-0.1, -0.05) is 19.8 Å². The molecule has 0 amide bonds. The van der Waals surface area contributed by atoms with Crippen LogP contribution in [0.3, 0.4) is 0 Å². The molecule has 0 aliphatic heterocycles. The van der Waals surface area contributed by atoms with Crippen molar-refractivity contribution < 1.29 is 15.2 Å². The lowest BCUT2D eigenvalue weighted by molar-refractivity contribution is -0.709. The number of aliphatic carboxylic acids is 1. The number of carbonyl (C=O) groups is 1. The van der Waals surface area contributed by atoms with E-state index in [-0.39, 0.29) is 6.42 Å². The molecule has 0 rings (SSSR count). The van der Waals surface area contributed by atoms with Gasteiger partial charge < -0.3 is 15.2 Å². The van der Waals surface area contributed by atoms with Gasteiger partial charge in [-0.25, -0.2) is 0 Å². The van der Waals surface area contributed by atoms with Crippen LogP contribution in [0, 0.1) is 0 Å². The summed E-state index contributed by atoms with van der Waals surface area (Å²) >= 11 is 0. The summed E-state index contributed by atoms with van der Waals surface area (Å²) in [6, 6.07) is 1.50. The first-order chi connectivity index (χ1) is 6.90. The number of carboxylic acid groups (broad SMARTS) is 1. The van der Waals surface area contributed by atoms with E-state index in [1.807, 2.05) is 6.92 Å². The van der Waals surface area contributed by atoms with Gasteiger partial charge in [-0.15, -0.1) is 0 Å². The molecule has 0 spiro atoms. The summed E-state index contributed by atoms with van der Waals surface area (Å²) in [5.41, 5.74) is 0. The first-order valence-electron chi connectivity index (χ1n) is 5.94. The Balaban J connectivity index is 0. The van der Waals surface area contributed by atoms with Crippen LogP contribution in [0.1, 0.15) is 60.3 Å². The Morgan fingerprint density at radius 1 is 1.13 bits per heavy atom. The van der Waals surface area contributed by atoms with Gasteiger partial charge in [0.2, 0.25) is 0 Å². The highest BCUT2D eigenvalue weighted by Crippen LogP contribution is 1.96. The number of hydrogen-bond acceptors (Lipinski definition) is 2. The van der Waals surface area contributed by atoms with E-state index in [2.05, 4.69) is 33.0 Å². The Morgan fingerprint density at radius 2 is 1.60 bits per heavy atom. The van der Waals surface area contributed by atoms with Crippen molar-refractivity contribution in [2.45, 2.75) is 72.4 Å². The molecule has 0 heterocycles. The van der Waals surface area contributed by atoms with Crippen molar-refractivity contribution in [3.05, 3.63) is 0 Å². The van der Waals surface area contributed by atoms with Gasteiger partial charge in [0.05, 0.1) is 12.1 Å². The molecule has 0 bridgehead atoms. The lowest BCUT2D eigenvalue weighted by atomic mass is 10.2. The Kier molecular flexibility index (Phi) is 12.9. The molecule has 0 saturated heterocycles. The summed E-state index contributed by atoms with van der Waals surface area (Å²) in [5, 5.41) is 12.1. The Labute approximate surface area is 94.3 Å². The van der Waals surface area contributed by atoms with Crippen molar-refractivity contribution >= 4 is 5.97 Å². The zero-order chi connectivity index (χ0) is 12.3. The fourth-order valence-electron chi connectivity index (χ4n) is 1.29. The number of carbonyl (C=O) groups excluding carboxylic acids is 1. The minimum absolute atomic E-state index is 0.216. The smallest absolute Gasteiger partial charge is 0.0803 e. The first kappa shape index (κ1) is 16.8. The molecule has 0 aromatic rings. The van der Waals surface area contributed by atoms with Crippen LogP contribution >= 0.6 is 0 Å². The van der Waals surface area contributed by atoms with Crippen molar-refractivity contribution in [1.29, 1.82) is 0 Å². The number of nitrogens with two attached hydrogens (primary N) is 1. The molecule has 0 aliphatic carbocycles. The summed E-state index contributed by atoms with van der Waals surface area (Å²) < 4.78 is 0. The van der Waals surface area contributed by atoms with Gasteiger partial charge in [-0.05, 0) is 40.5 Å². The van der Waals surface area contributed by atoms with Crippen LogP contribution in [0.4, 0.5) is 0 Å². The predicted molar refractivity (Wildman–Crippen MR) is 61.3 cm³/mol. The quantitative estimate of drug-likeness (QED) is 0.665. The van der Waals surface area contributed by atoms with Crippen LogP contribution in [-0.2, 0) is 4.79 Å². The number of rotatable bonds is 6. The topological polar surface area (TPSA) is 56.7 Å². The molecule has 15 heavy (non-hydrogen) atoms. The second-order valence-corrected chi connectivity index (χ2v) is 4.51. The van der Waals surface area contributed by atoms with Crippen molar-refractivity contribution in [3.63, 3.8) is 0 Å². The highest BCUT2D eigenvalue weighted by molar-refractivity contribution is 5.63. The van der Waals surface area contributed by atoms with Crippen molar-refractivity contribution in [1.82, 2.24) is 0 Å². The molecule has 0 fully saturated rings. The van der Waals surface area contributed by atoms with Crippen LogP contribution in [0.15, 0.2) is 0 Å². The molecular weight excluding hydrogens is 190 g/mol. The fourth-order valence-corrected chi connectivity index (χ4v) is 1.29. The molecule has 2 N–H and O–H groups in total. The monoisotopic (exact) mass is 217 g/mol. The van der Waals surface area contributed by atoms with Gasteiger partial charge in [0.25, 0.3) is 0 Å². The lowest BCUT2D eigenvalue weighted by Gasteiger charge is -2.06. The number of hydrogen-bond donors (Lipinski definition) is 1. The predicted octanol–water partition coefficient (Wildman–Crippen LogP) is 0.683. The molecule has 0 aromatic carbocycles. The molecule has 0 aliphatic rings. The van der Waals surface area contributed by atoms with Gasteiger partial charge >= 0.3 is 0 Å². The van der Waals surface area contributed by atoms with Crippen molar-refractivity contribution in [3.8, 4) is 0 Å². The number of quaternary nitrogens is 1. The Morgan fingerprint density at radius 3 is 1.80 bits per heavy atom. The van der Waals surface area contributed by atoms with E-state index >= 15 is 0 Å². The minimum atomic E-state index is -0.932. The van der Waals surface area contributed by atoms with Crippen LogP contribution in [0.2, 0.25) is 0 Å². The molecule has 0 radical (unpaired) electrons. The summed E-state index contributed by atoms with van der Waals surface area (Å²) in [6.07, 6.45) is 3.04. The van der Waals surface area contributed by atoms with Gasteiger partial charge in [0, 0.05) is 5.97 Å². The third kappa shape index (κ3) is 24.7. The lowest BCUT2D eigenvalue weighted by Crippen LogP contribution is -2.92. The highest BCUT2D eigenvalue weighted by atomic mass is 16.4. The van der Waals surface area contributed by atoms with Gasteiger partial charge in [0.15, 0.2) is 0 Å². The van der Waals surface area contributed by atoms with E-state index in [0.29, 0.717) is 0 Å². The van der Waals surface area contributed by atoms with E-state index in [0.717, 1.165) is 31.3 Å². The molecule has 0 unspecified atom stereocenters. The average molecular weight is 217 g/mol. The van der Waals surface area contributed by atoms with Crippen LogP contribution < -0.4 is 10.4 Å². The summed E-state index contributed by atoms with van der Waals surface area (Å²) in [6.45, 7) is 10.9. The maximum absolute atomic E-state index is 9.76. The maximum atomic E-state index is 9.76. The standard InChI is InChI=1S/C6H15N.C6H12O2/c1-5(2)7-6(3)4;1-2-3-4-5-6(7)8/h5-7H,1-4H3;2-5H2,1H3,(H,7,8). The summed E-state index contributed by atoms with van der Waals surface area (Å²) in [5.74, 6) is -0.932. The Hall–Kier alpha value is -0.570. The zero-order valence-electron chi connectivity index (χ0n) is 10.9. The Bertz CT molecular complexity index is 139. The zero-order valence-corrected chi connectivity index (χ0v) is 10.9. The maximum Gasteiger partial charge on any atom is 0.0803 e. The molecule has 0 atom stereocenters. The summed E-state index contributed by atoms with van der Waals surface area (Å²) in [7, 11) is 0. The molecular formula is C12H27NO2. The highest BCUT2D eigenvalue weighted by Gasteiger charge is 1.97. The minimum Gasteiger partial charge on any atom is -0.550 e. The molecule has 3 heteroatoms. The second kappa shape index (κ2) is 11.5. The van der Waals surface area contributed by atoms with Crippen molar-refractivity contribution in [2.75, 3.05) is 0 Å². The van der Waals surface area contributed by atoms with E-state index in [1.165, 1.54) is 0 Å². The largest absolute Gasteiger partial charge is 0.550 e. The van der Waals surface area contributed by atoms with E-state index < -0.39 is 5.97 Å². The molecule has 0 saturated carbocycles. The van der Waals surface area contributed by atoms with Crippen molar-refractivity contribution in [2.24, 2.45) is 0 Å². The summed E-state index contributed by atoms with van der Waals surface area (Å²) in [4.78, 5) is 9.76. The first-order valence-corrected chi connectivity index (χ1v) is 5.94. The third-order valence-corrected chi connectivity index (χ3v) is 1.75. The van der Waals surface area contributed by atoms with Crippen LogP contribution in [0.25, 0.3) is 0 Å². The average Bonchev–Trinajstić information content (AvgIpc) is 2.02. The van der Waals surface area contributed by atoms with E-state index in [4.69, 9.17) is 0 Å². The number of unbranched alkanes of at least 4 members (excludes halogenated alkanes) is 2.